The first kappa shape index (κ1) is 16.4. The number of rotatable bonds is 4. The molecule has 0 aliphatic rings. The maximum absolute atomic E-state index is 2.34. The van der Waals surface area contributed by atoms with Crippen molar-refractivity contribution in [3.63, 3.8) is 0 Å². The van der Waals surface area contributed by atoms with E-state index < -0.39 is 0 Å². The number of hydrogen-bond acceptors (Lipinski definition) is 0. The van der Waals surface area contributed by atoms with Crippen LogP contribution in [0.25, 0.3) is 0 Å². The van der Waals surface area contributed by atoms with Gasteiger partial charge in [0.05, 0.1) is 0 Å². The second-order valence-electron chi connectivity index (χ2n) is 5.92. The smallest absolute Gasteiger partial charge is 0.0354 e. The Morgan fingerprint density at radius 1 is 0.857 bits per heavy atom. The minimum atomic E-state index is 0.564. The average Bonchev–Trinajstić information content (AvgIpc) is 2.03. The lowest BCUT2D eigenvalue weighted by atomic mass is 9.82. The van der Waals surface area contributed by atoms with E-state index in [4.69, 9.17) is 0 Å². The highest BCUT2D eigenvalue weighted by molar-refractivity contribution is 4.67. The van der Waals surface area contributed by atoms with Gasteiger partial charge in [0.15, 0.2) is 0 Å². The van der Waals surface area contributed by atoms with Crippen LogP contribution in [-0.4, -0.2) is 0 Å². The van der Waals surface area contributed by atoms with Crippen LogP contribution in [-0.2, 0) is 0 Å². The average molecular weight is 200 g/mol. The van der Waals surface area contributed by atoms with Crippen LogP contribution in [0.1, 0.15) is 74.7 Å². The van der Waals surface area contributed by atoms with Crippen molar-refractivity contribution in [3.8, 4) is 0 Å². The highest BCUT2D eigenvalue weighted by atomic mass is 14.2. The van der Waals surface area contributed by atoms with Crippen molar-refractivity contribution in [1.82, 2.24) is 0 Å². The van der Waals surface area contributed by atoms with Crippen LogP contribution in [0, 0.1) is 17.3 Å². The van der Waals surface area contributed by atoms with E-state index >= 15 is 0 Å². The maximum atomic E-state index is 2.34. The summed E-state index contributed by atoms with van der Waals surface area (Å²) in [6.45, 7) is 18.2. The zero-order chi connectivity index (χ0) is 11.8. The van der Waals surface area contributed by atoms with Crippen molar-refractivity contribution < 1.29 is 0 Å². The van der Waals surface area contributed by atoms with E-state index in [1.807, 2.05) is 0 Å². The molecule has 0 nitrogen and oxygen atoms in total. The standard InChI is InChI=1S/C9H20.C5H12/c1-6-9(4,5)7-8(2)3;1-4-5(2)3/h8H,6-7H2,1-5H3;5H,4H2,1-3H3. The molecular formula is C14H32. The molecule has 88 valence electrons. The predicted octanol–water partition coefficient (Wildman–Crippen LogP) is 5.52. The van der Waals surface area contributed by atoms with Crippen LogP contribution >= 0.6 is 0 Å². The van der Waals surface area contributed by atoms with Crippen LogP contribution in [0.15, 0.2) is 0 Å². The van der Waals surface area contributed by atoms with Crippen LogP contribution in [0.2, 0.25) is 0 Å². The van der Waals surface area contributed by atoms with Crippen LogP contribution in [0.4, 0.5) is 0 Å². The molecule has 0 aromatic rings. The summed E-state index contributed by atoms with van der Waals surface area (Å²) in [5, 5.41) is 0. The van der Waals surface area contributed by atoms with Crippen LogP contribution in [0.5, 0.6) is 0 Å². The molecule has 0 amide bonds. The molecule has 0 aliphatic heterocycles. The Kier molecular flexibility index (Phi) is 9.76. The molecule has 14 heavy (non-hydrogen) atoms. The third-order valence-corrected chi connectivity index (χ3v) is 2.73. The molecule has 0 aromatic heterocycles. The molecule has 0 bridgehead atoms. The number of hydrogen-bond donors (Lipinski definition) is 0. The van der Waals surface area contributed by atoms with E-state index in [0.717, 1.165) is 11.8 Å². The van der Waals surface area contributed by atoms with E-state index in [1.165, 1.54) is 19.3 Å². The van der Waals surface area contributed by atoms with Gasteiger partial charge in [-0.15, -0.1) is 0 Å². The zero-order valence-electron chi connectivity index (χ0n) is 11.8. The Morgan fingerprint density at radius 2 is 1.21 bits per heavy atom. The topological polar surface area (TPSA) is 0 Å². The predicted molar refractivity (Wildman–Crippen MR) is 68.7 cm³/mol. The molecule has 0 heterocycles. The third kappa shape index (κ3) is 14.5. The lowest BCUT2D eigenvalue weighted by molar-refractivity contribution is 0.277. The molecule has 0 unspecified atom stereocenters. The van der Waals surface area contributed by atoms with Gasteiger partial charge in [0.1, 0.15) is 0 Å². The second-order valence-corrected chi connectivity index (χ2v) is 5.92. The van der Waals surface area contributed by atoms with Gasteiger partial charge in [0.2, 0.25) is 0 Å². The minimum Gasteiger partial charge on any atom is -0.0651 e. The monoisotopic (exact) mass is 200 g/mol. The van der Waals surface area contributed by atoms with Gasteiger partial charge in [-0.3, -0.25) is 0 Å². The maximum Gasteiger partial charge on any atom is -0.0354 e. The summed E-state index contributed by atoms with van der Waals surface area (Å²) in [7, 11) is 0. The van der Waals surface area contributed by atoms with Gasteiger partial charge >= 0.3 is 0 Å². The van der Waals surface area contributed by atoms with E-state index in [-0.39, 0.29) is 0 Å². The van der Waals surface area contributed by atoms with E-state index in [0.29, 0.717) is 5.41 Å². The van der Waals surface area contributed by atoms with Crippen molar-refractivity contribution in [1.29, 1.82) is 0 Å². The van der Waals surface area contributed by atoms with Crippen molar-refractivity contribution in [2.75, 3.05) is 0 Å². The summed E-state index contributed by atoms with van der Waals surface area (Å²) in [4.78, 5) is 0. The Morgan fingerprint density at radius 3 is 1.29 bits per heavy atom. The lowest BCUT2D eigenvalue weighted by Crippen LogP contribution is -2.12. The summed E-state index contributed by atoms with van der Waals surface area (Å²) >= 11 is 0. The SMILES string of the molecule is CCC(C)(C)CC(C)C.CCC(C)C. The highest BCUT2D eigenvalue weighted by Crippen LogP contribution is 2.28. The third-order valence-electron chi connectivity index (χ3n) is 2.73. The molecule has 0 N–H and O–H groups in total. The lowest BCUT2D eigenvalue weighted by Gasteiger charge is -2.24. The minimum absolute atomic E-state index is 0.564. The van der Waals surface area contributed by atoms with Gasteiger partial charge < -0.3 is 0 Å². The van der Waals surface area contributed by atoms with Gasteiger partial charge in [0.25, 0.3) is 0 Å². The Balaban J connectivity index is 0. The summed E-state index contributed by atoms with van der Waals surface area (Å²) in [6.07, 6.45) is 3.95. The first-order valence-electron chi connectivity index (χ1n) is 6.25. The summed E-state index contributed by atoms with van der Waals surface area (Å²) in [5.74, 6) is 1.73. The van der Waals surface area contributed by atoms with Crippen molar-refractivity contribution >= 4 is 0 Å². The fourth-order valence-corrected chi connectivity index (χ4v) is 1.25. The van der Waals surface area contributed by atoms with Crippen molar-refractivity contribution in [2.24, 2.45) is 17.3 Å². The Labute approximate surface area is 92.5 Å². The highest BCUT2D eigenvalue weighted by Gasteiger charge is 2.15. The second kappa shape index (κ2) is 8.32. The van der Waals surface area contributed by atoms with Gasteiger partial charge in [-0.2, -0.15) is 0 Å². The molecule has 0 saturated carbocycles. The first-order chi connectivity index (χ1) is 6.25. The molecule has 0 saturated heterocycles. The van der Waals surface area contributed by atoms with E-state index in [1.54, 1.807) is 0 Å². The molecular weight excluding hydrogens is 168 g/mol. The molecule has 0 rings (SSSR count). The van der Waals surface area contributed by atoms with Gasteiger partial charge in [-0.25, -0.2) is 0 Å². The summed E-state index contributed by atoms with van der Waals surface area (Å²) in [6, 6.07) is 0. The summed E-state index contributed by atoms with van der Waals surface area (Å²) in [5.41, 5.74) is 0.564. The van der Waals surface area contributed by atoms with E-state index in [9.17, 15) is 0 Å². The van der Waals surface area contributed by atoms with E-state index in [2.05, 4.69) is 55.4 Å². The van der Waals surface area contributed by atoms with Gasteiger partial charge in [-0.05, 0) is 23.7 Å². The van der Waals surface area contributed by atoms with Crippen molar-refractivity contribution in [2.45, 2.75) is 74.7 Å². The fourth-order valence-electron chi connectivity index (χ4n) is 1.25. The van der Waals surface area contributed by atoms with Crippen molar-refractivity contribution in [3.05, 3.63) is 0 Å². The molecule has 0 radical (unpaired) electrons. The molecule has 0 spiro atoms. The fraction of sp³-hybridized carbons (Fsp3) is 1.00. The van der Waals surface area contributed by atoms with Crippen LogP contribution < -0.4 is 0 Å². The zero-order valence-corrected chi connectivity index (χ0v) is 11.8. The molecule has 0 fully saturated rings. The van der Waals surface area contributed by atoms with Gasteiger partial charge in [0, 0.05) is 0 Å². The Bertz CT molecular complexity index is 109. The molecule has 0 atom stereocenters. The van der Waals surface area contributed by atoms with Gasteiger partial charge in [-0.1, -0.05) is 68.2 Å². The molecule has 0 aliphatic carbocycles. The first-order valence-corrected chi connectivity index (χ1v) is 6.25. The van der Waals surface area contributed by atoms with Crippen LogP contribution in [0.3, 0.4) is 0 Å². The quantitative estimate of drug-likeness (QED) is 0.560. The summed E-state index contributed by atoms with van der Waals surface area (Å²) < 4.78 is 0. The normalized spacial score (nSPS) is 11.6. The largest absolute Gasteiger partial charge is 0.0651 e. The Hall–Kier alpha value is 0. The molecule has 0 aromatic carbocycles. The molecule has 0 heteroatoms.